The molecule has 0 radical (unpaired) electrons. The van der Waals surface area contributed by atoms with E-state index in [4.69, 9.17) is 0 Å². The van der Waals surface area contributed by atoms with Gasteiger partial charge >= 0.3 is 6.03 Å². The Hall–Kier alpha value is -1.03. The molecule has 2 amide bonds. The van der Waals surface area contributed by atoms with E-state index in [1.54, 1.807) is 0 Å². The van der Waals surface area contributed by atoms with Crippen LogP contribution in [0.4, 0.5) is 4.79 Å². The largest absolute Gasteiger partial charge is 0.335 e. The monoisotopic (exact) mass is 292 g/mol. The van der Waals surface area contributed by atoms with Gasteiger partial charge in [0.2, 0.25) is 0 Å². The van der Waals surface area contributed by atoms with Crippen LogP contribution >= 0.6 is 11.3 Å². The number of carbonyl (C=O) groups excluding carboxylic acids is 1. The van der Waals surface area contributed by atoms with Crippen LogP contribution < -0.4 is 5.32 Å². The molecule has 1 saturated carbocycles. The molecular weight excluding hydrogens is 268 g/mol. The Morgan fingerprint density at radius 2 is 1.90 bits per heavy atom. The van der Waals surface area contributed by atoms with Gasteiger partial charge in [-0.2, -0.15) is 0 Å². The Morgan fingerprint density at radius 3 is 2.55 bits per heavy atom. The van der Waals surface area contributed by atoms with Crippen molar-refractivity contribution in [2.45, 2.75) is 56.9 Å². The minimum Gasteiger partial charge on any atom is -0.335 e. The summed E-state index contributed by atoms with van der Waals surface area (Å²) in [6, 6.07) is 4.95. The van der Waals surface area contributed by atoms with Crippen molar-refractivity contribution in [2.75, 3.05) is 13.1 Å². The zero-order chi connectivity index (χ0) is 13.8. The molecule has 0 atom stereocenters. The summed E-state index contributed by atoms with van der Waals surface area (Å²) in [5.74, 6) is 0.661. The maximum atomic E-state index is 12.3. The van der Waals surface area contributed by atoms with Crippen LogP contribution in [0.25, 0.3) is 0 Å². The zero-order valence-electron chi connectivity index (χ0n) is 12.0. The highest BCUT2D eigenvalue weighted by molar-refractivity contribution is 7.10. The number of likely N-dealkylation sites (tertiary alicyclic amines) is 1. The van der Waals surface area contributed by atoms with Crippen molar-refractivity contribution in [1.82, 2.24) is 10.2 Å². The molecule has 0 bridgehead atoms. The number of carbonyl (C=O) groups is 1. The number of nitrogens with one attached hydrogen (secondary N) is 1. The molecule has 110 valence electrons. The minimum absolute atomic E-state index is 0.168. The molecule has 2 heterocycles. The van der Waals surface area contributed by atoms with E-state index in [1.807, 2.05) is 16.2 Å². The fraction of sp³-hybridized carbons (Fsp3) is 0.688. The normalized spacial score (nSPS) is 21.9. The van der Waals surface area contributed by atoms with Crippen LogP contribution in [0.2, 0.25) is 0 Å². The lowest BCUT2D eigenvalue weighted by Gasteiger charge is -2.33. The highest BCUT2D eigenvalue weighted by atomic mass is 32.1. The third kappa shape index (κ3) is 3.35. The van der Waals surface area contributed by atoms with Crippen LogP contribution in [0.1, 0.15) is 55.7 Å². The standard InChI is InChI=1S/C16H24N2OS/c19-16(17-14-5-2-1-3-6-14)18-10-8-13(9-11-18)15-7-4-12-20-15/h4,7,12-14H,1-3,5-6,8-11H2,(H,17,19). The van der Waals surface area contributed by atoms with Crippen LogP contribution in [-0.4, -0.2) is 30.1 Å². The Kier molecular flexibility index (Phi) is 4.61. The molecule has 0 unspecified atom stereocenters. The second-order valence-electron chi connectivity index (χ2n) is 6.06. The van der Waals surface area contributed by atoms with Gasteiger partial charge in [0.15, 0.2) is 0 Å². The van der Waals surface area contributed by atoms with Crippen LogP contribution in [0.15, 0.2) is 17.5 Å². The van der Waals surface area contributed by atoms with Gasteiger partial charge in [0.25, 0.3) is 0 Å². The number of nitrogens with zero attached hydrogens (tertiary/aromatic N) is 1. The first-order chi connectivity index (χ1) is 9.83. The Bertz CT molecular complexity index is 418. The summed E-state index contributed by atoms with van der Waals surface area (Å²) in [7, 11) is 0. The fourth-order valence-corrected chi connectivity index (χ4v) is 4.30. The average Bonchev–Trinajstić information content (AvgIpc) is 3.03. The molecule has 1 aromatic heterocycles. The first kappa shape index (κ1) is 13.9. The quantitative estimate of drug-likeness (QED) is 0.879. The van der Waals surface area contributed by atoms with Gasteiger partial charge in [0.1, 0.15) is 0 Å². The molecule has 2 aliphatic rings. The second kappa shape index (κ2) is 6.61. The number of hydrogen-bond donors (Lipinski definition) is 1. The van der Waals surface area contributed by atoms with E-state index in [1.165, 1.54) is 24.1 Å². The van der Waals surface area contributed by atoms with Crippen molar-refractivity contribution in [3.8, 4) is 0 Å². The molecule has 20 heavy (non-hydrogen) atoms. The van der Waals surface area contributed by atoms with Crippen molar-refractivity contribution < 1.29 is 4.79 Å². The van der Waals surface area contributed by atoms with Gasteiger partial charge in [-0.1, -0.05) is 25.3 Å². The van der Waals surface area contributed by atoms with Crippen LogP contribution in [-0.2, 0) is 0 Å². The minimum atomic E-state index is 0.168. The number of thiophene rings is 1. The summed E-state index contributed by atoms with van der Waals surface area (Å²) in [5, 5.41) is 5.38. The molecular formula is C16H24N2OS. The number of urea groups is 1. The highest BCUT2D eigenvalue weighted by Gasteiger charge is 2.25. The maximum Gasteiger partial charge on any atom is 0.317 e. The van der Waals surface area contributed by atoms with E-state index in [-0.39, 0.29) is 6.03 Å². The molecule has 1 N–H and O–H groups in total. The number of piperidine rings is 1. The number of amides is 2. The van der Waals surface area contributed by atoms with Crippen molar-refractivity contribution in [1.29, 1.82) is 0 Å². The van der Waals surface area contributed by atoms with Crippen LogP contribution in [0.5, 0.6) is 0 Å². The number of hydrogen-bond acceptors (Lipinski definition) is 2. The lowest BCUT2D eigenvalue weighted by atomic mass is 9.94. The third-order valence-electron chi connectivity index (χ3n) is 4.66. The van der Waals surface area contributed by atoms with Gasteiger partial charge in [-0.15, -0.1) is 11.3 Å². The summed E-state index contributed by atoms with van der Waals surface area (Å²) in [6.45, 7) is 1.81. The molecule has 0 aromatic carbocycles. The smallest absolute Gasteiger partial charge is 0.317 e. The summed E-state index contributed by atoms with van der Waals surface area (Å²) in [6.07, 6.45) is 8.42. The average molecular weight is 292 g/mol. The van der Waals surface area contributed by atoms with E-state index >= 15 is 0 Å². The van der Waals surface area contributed by atoms with Gasteiger partial charge in [-0.25, -0.2) is 4.79 Å². The zero-order valence-corrected chi connectivity index (χ0v) is 12.8. The van der Waals surface area contributed by atoms with Gasteiger partial charge in [-0.05, 0) is 43.0 Å². The summed E-state index contributed by atoms with van der Waals surface area (Å²) in [4.78, 5) is 15.8. The van der Waals surface area contributed by atoms with Crippen molar-refractivity contribution >= 4 is 17.4 Å². The van der Waals surface area contributed by atoms with Gasteiger partial charge < -0.3 is 10.2 Å². The Morgan fingerprint density at radius 1 is 1.15 bits per heavy atom. The van der Waals surface area contributed by atoms with Crippen molar-refractivity contribution in [3.05, 3.63) is 22.4 Å². The maximum absolute atomic E-state index is 12.3. The second-order valence-corrected chi connectivity index (χ2v) is 7.04. The van der Waals surface area contributed by atoms with Crippen molar-refractivity contribution in [2.24, 2.45) is 0 Å². The van der Waals surface area contributed by atoms with E-state index in [2.05, 4.69) is 22.8 Å². The van der Waals surface area contributed by atoms with Gasteiger partial charge in [-0.3, -0.25) is 0 Å². The predicted molar refractivity (Wildman–Crippen MR) is 83.3 cm³/mol. The summed E-state index contributed by atoms with van der Waals surface area (Å²) >= 11 is 1.85. The molecule has 3 nitrogen and oxygen atoms in total. The molecule has 1 aliphatic carbocycles. The van der Waals surface area contributed by atoms with E-state index < -0.39 is 0 Å². The molecule has 1 aliphatic heterocycles. The third-order valence-corrected chi connectivity index (χ3v) is 5.70. The first-order valence-electron chi connectivity index (χ1n) is 7.92. The lowest BCUT2D eigenvalue weighted by molar-refractivity contribution is 0.175. The number of rotatable bonds is 2. The molecule has 3 rings (SSSR count). The first-order valence-corrected chi connectivity index (χ1v) is 8.80. The van der Waals surface area contributed by atoms with Crippen LogP contribution in [0, 0.1) is 0 Å². The Balaban J connectivity index is 1.46. The van der Waals surface area contributed by atoms with E-state index in [0.29, 0.717) is 12.0 Å². The highest BCUT2D eigenvalue weighted by Crippen LogP contribution is 2.31. The Labute approximate surface area is 125 Å². The molecule has 0 spiro atoms. The molecule has 2 fully saturated rings. The predicted octanol–water partition coefficient (Wildman–Crippen LogP) is 3.97. The molecule has 1 aromatic rings. The molecule has 1 saturated heterocycles. The van der Waals surface area contributed by atoms with E-state index in [0.717, 1.165) is 38.8 Å². The van der Waals surface area contributed by atoms with E-state index in [9.17, 15) is 4.79 Å². The van der Waals surface area contributed by atoms with Crippen LogP contribution in [0.3, 0.4) is 0 Å². The SMILES string of the molecule is O=C(NC1CCCCC1)N1CCC(c2cccs2)CC1. The summed E-state index contributed by atoms with van der Waals surface area (Å²) in [5.41, 5.74) is 0. The van der Waals surface area contributed by atoms with Gasteiger partial charge in [0.05, 0.1) is 0 Å². The summed E-state index contributed by atoms with van der Waals surface area (Å²) < 4.78 is 0. The van der Waals surface area contributed by atoms with Crippen molar-refractivity contribution in [3.63, 3.8) is 0 Å². The molecule has 4 heteroatoms. The lowest BCUT2D eigenvalue weighted by Crippen LogP contribution is -2.48. The fourth-order valence-electron chi connectivity index (χ4n) is 3.40. The van der Waals surface area contributed by atoms with Gasteiger partial charge in [0, 0.05) is 24.0 Å². The topological polar surface area (TPSA) is 32.3 Å².